The Morgan fingerprint density at radius 3 is 2.29 bits per heavy atom. The van der Waals surface area contributed by atoms with E-state index in [2.05, 4.69) is 4.72 Å². The fourth-order valence-corrected chi connectivity index (χ4v) is 3.23. The van der Waals surface area contributed by atoms with Crippen LogP contribution in [0.4, 0.5) is 4.39 Å². The zero-order valence-corrected chi connectivity index (χ0v) is 16.1. The summed E-state index contributed by atoms with van der Waals surface area (Å²) >= 11 is 0. The highest BCUT2D eigenvalue weighted by Gasteiger charge is 2.22. The lowest BCUT2D eigenvalue weighted by atomic mass is 10.1. The molecular formula is C18H18FNO7S. The Labute approximate surface area is 161 Å². The summed E-state index contributed by atoms with van der Waals surface area (Å²) in [5.74, 6) is -2.09. The lowest BCUT2D eigenvalue weighted by Crippen LogP contribution is -2.20. The van der Waals surface area contributed by atoms with Crippen molar-refractivity contribution in [2.45, 2.75) is 4.90 Å². The number of rotatable bonds is 8. The van der Waals surface area contributed by atoms with Gasteiger partial charge in [0.15, 0.2) is 6.61 Å². The molecule has 0 fully saturated rings. The zero-order chi connectivity index (χ0) is 20.9. The first kappa shape index (κ1) is 21.3. The molecule has 28 heavy (non-hydrogen) atoms. The monoisotopic (exact) mass is 411 g/mol. The van der Waals surface area contributed by atoms with Crippen molar-refractivity contribution in [3.63, 3.8) is 0 Å². The van der Waals surface area contributed by atoms with Crippen LogP contribution in [0.5, 0.6) is 11.5 Å². The number of sulfonamides is 1. The maximum atomic E-state index is 13.4. The largest absolute Gasteiger partial charge is 0.496 e. The molecule has 0 bridgehead atoms. The van der Waals surface area contributed by atoms with E-state index >= 15 is 0 Å². The predicted octanol–water partition coefficient (Wildman–Crippen LogP) is 1.79. The average Bonchev–Trinajstić information content (AvgIpc) is 2.71. The minimum absolute atomic E-state index is 0.0338. The second-order valence-corrected chi connectivity index (χ2v) is 7.27. The van der Waals surface area contributed by atoms with E-state index in [1.54, 1.807) is 0 Å². The lowest BCUT2D eigenvalue weighted by Gasteiger charge is -2.11. The molecular weight excluding hydrogens is 393 g/mol. The summed E-state index contributed by atoms with van der Waals surface area (Å²) in [7, 11) is -0.0784. The molecule has 0 aromatic heterocycles. The van der Waals surface area contributed by atoms with Gasteiger partial charge in [-0.3, -0.25) is 4.79 Å². The highest BCUT2D eigenvalue weighted by Crippen LogP contribution is 2.25. The van der Waals surface area contributed by atoms with E-state index in [9.17, 15) is 22.4 Å². The van der Waals surface area contributed by atoms with Gasteiger partial charge in [0.2, 0.25) is 15.8 Å². The van der Waals surface area contributed by atoms with E-state index in [4.69, 9.17) is 14.2 Å². The molecule has 10 heteroatoms. The highest BCUT2D eigenvalue weighted by molar-refractivity contribution is 7.89. The maximum absolute atomic E-state index is 13.4. The van der Waals surface area contributed by atoms with Gasteiger partial charge >= 0.3 is 5.97 Å². The standard InChI is InChI=1S/C18H18FNO7S/c1-20-28(23,24)17-8-11(4-6-16(17)26-3)18(22)27-10-14(21)13-9-12(19)5-7-15(13)25-2/h4-9,20H,10H2,1-3H3. The first-order chi connectivity index (χ1) is 13.2. The molecule has 8 nitrogen and oxygen atoms in total. The number of carbonyl (C=O) groups is 2. The summed E-state index contributed by atoms with van der Waals surface area (Å²) in [6, 6.07) is 7.03. The molecule has 0 amide bonds. The van der Waals surface area contributed by atoms with Crippen LogP contribution in [0.2, 0.25) is 0 Å². The van der Waals surface area contributed by atoms with Crippen LogP contribution in [0, 0.1) is 5.82 Å². The molecule has 0 unspecified atom stereocenters. The van der Waals surface area contributed by atoms with Gasteiger partial charge in [0, 0.05) is 0 Å². The molecule has 0 radical (unpaired) electrons. The number of halogens is 1. The van der Waals surface area contributed by atoms with Crippen molar-refractivity contribution in [3.05, 3.63) is 53.3 Å². The smallest absolute Gasteiger partial charge is 0.338 e. The second kappa shape index (κ2) is 8.81. The zero-order valence-electron chi connectivity index (χ0n) is 15.3. The van der Waals surface area contributed by atoms with E-state index in [1.165, 1.54) is 39.5 Å². The molecule has 1 N–H and O–H groups in total. The third kappa shape index (κ3) is 4.65. The average molecular weight is 411 g/mol. The van der Waals surface area contributed by atoms with Gasteiger partial charge in [-0.05, 0) is 43.4 Å². The number of ketones is 1. The normalized spacial score (nSPS) is 11.0. The van der Waals surface area contributed by atoms with Crippen LogP contribution in [-0.2, 0) is 14.8 Å². The van der Waals surface area contributed by atoms with Crippen LogP contribution in [0.15, 0.2) is 41.3 Å². The second-order valence-electron chi connectivity index (χ2n) is 5.42. The third-order valence-corrected chi connectivity index (χ3v) is 5.19. The van der Waals surface area contributed by atoms with Crippen molar-refractivity contribution >= 4 is 21.8 Å². The van der Waals surface area contributed by atoms with Crippen molar-refractivity contribution < 1.29 is 36.6 Å². The van der Waals surface area contributed by atoms with Crippen LogP contribution in [0.1, 0.15) is 20.7 Å². The topological polar surface area (TPSA) is 108 Å². The first-order valence-electron chi connectivity index (χ1n) is 7.89. The molecule has 150 valence electrons. The lowest BCUT2D eigenvalue weighted by molar-refractivity contribution is 0.0473. The quantitative estimate of drug-likeness (QED) is 0.521. The Kier molecular flexibility index (Phi) is 6.71. The molecule has 0 atom stereocenters. The van der Waals surface area contributed by atoms with Crippen LogP contribution >= 0.6 is 0 Å². The van der Waals surface area contributed by atoms with E-state index in [0.29, 0.717) is 0 Å². The summed E-state index contributed by atoms with van der Waals surface area (Å²) in [6.07, 6.45) is 0. The predicted molar refractivity (Wildman–Crippen MR) is 96.8 cm³/mol. The van der Waals surface area contributed by atoms with Crippen molar-refractivity contribution in [1.29, 1.82) is 0 Å². The highest BCUT2D eigenvalue weighted by atomic mass is 32.2. The van der Waals surface area contributed by atoms with Gasteiger partial charge in [-0.1, -0.05) is 0 Å². The molecule has 2 aromatic carbocycles. The number of hydrogen-bond donors (Lipinski definition) is 1. The Bertz CT molecular complexity index is 1000. The third-order valence-electron chi connectivity index (χ3n) is 3.75. The summed E-state index contributed by atoms with van der Waals surface area (Å²) < 4.78 is 54.5. The number of hydrogen-bond acceptors (Lipinski definition) is 7. The van der Waals surface area contributed by atoms with E-state index < -0.39 is 34.2 Å². The number of Topliss-reactive ketones (excluding diaryl/α,β-unsaturated/α-hetero) is 1. The van der Waals surface area contributed by atoms with Crippen molar-refractivity contribution in [1.82, 2.24) is 4.72 Å². The van der Waals surface area contributed by atoms with Crippen LogP contribution in [-0.4, -0.2) is 48.0 Å². The summed E-state index contributed by atoms with van der Waals surface area (Å²) in [4.78, 5) is 24.2. The Morgan fingerprint density at radius 2 is 1.68 bits per heavy atom. The van der Waals surface area contributed by atoms with Crippen molar-refractivity contribution in [2.75, 3.05) is 27.9 Å². The molecule has 0 aliphatic heterocycles. The van der Waals surface area contributed by atoms with Gasteiger partial charge in [-0.15, -0.1) is 0 Å². The molecule has 0 spiro atoms. The van der Waals surface area contributed by atoms with Crippen molar-refractivity contribution in [3.8, 4) is 11.5 Å². The molecule has 0 aliphatic rings. The first-order valence-corrected chi connectivity index (χ1v) is 9.37. The number of carbonyl (C=O) groups excluding carboxylic acids is 2. The Balaban J connectivity index is 2.21. The van der Waals surface area contributed by atoms with Crippen LogP contribution in [0.25, 0.3) is 0 Å². The Hall–Kier alpha value is -2.98. The summed E-state index contributed by atoms with van der Waals surface area (Å²) in [5, 5.41) is 0. The fourth-order valence-electron chi connectivity index (χ4n) is 2.31. The summed E-state index contributed by atoms with van der Waals surface area (Å²) in [6.45, 7) is -0.682. The molecule has 2 rings (SSSR count). The number of methoxy groups -OCH3 is 2. The molecule has 2 aromatic rings. The van der Waals surface area contributed by atoms with E-state index in [0.717, 1.165) is 18.2 Å². The number of nitrogens with one attached hydrogen (secondary N) is 1. The maximum Gasteiger partial charge on any atom is 0.338 e. The SMILES string of the molecule is CNS(=O)(=O)c1cc(C(=O)OCC(=O)c2cc(F)ccc2OC)ccc1OC. The van der Waals surface area contributed by atoms with Gasteiger partial charge < -0.3 is 14.2 Å². The van der Waals surface area contributed by atoms with Crippen LogP contribution < -0.4 is 14.2 Å². The Morgan fingerprint density at radius 1 is 1.04 bits per heavy atom. The van der Waals surface area contributed by atoms with Crippen molar-refractivity contribution in [2.24, 2.45) is 0 Å². The van der Waals surface area contributed by atoms with Gasteiger partial charge in [0.25, 0.3) is 0 Å². The van der Waals surface area contributed by atoms with E-state index in [1.807, 2.05) is 0 Å². The fraction of sp³-hybridized carbons (Fsp3) is 0.222. The molecule has 0 aliphatic carbocycles. The van der Waals surface area contributed by atoms with E-state index in [-0.39, 0.29) is 27.5 Å². The summed E-state index contributed by atoms with van der Waals surface area (Å²) in [5.41, 5.74) is -0.183. The molecule has 0 heterocycles. The van der Waals surface area contributed by atoms with Crippen LogP contribution in [0.3, 0.4) is 0 Å². The number of ether oxygens (including phenoxy) is 3. The van der Waals surface area contributed by atoms with Gasteiger partial charge in [0.1, 0.15) is 22.2 Å². The van der Waals surface area contributed by atoms with Gasteiger partial charge in [0.05, 0.1) is 25.3 Å². The van der Waals surface area contributed by atoms with Gasteiger partial charge in [-0.25, -0.2) is 22.3 Å². The minimum atomic E-state index is -3.89. The number of benzene rings is 2. The molecule has 0 saturated carbocycles. The number of esters is 1. The van der Waals surface area contributed by atoms with Gasteiger partial charge in [-0.2, -0.15) is 0 Å². The minimum Gasteiger partial charge on any atom is -0.496 e. The molecule has 0 saturated heterocycles.